The number of hydrogen-bond donors (Lipinski definition) is 1. The average molecular weight is 385 g/mol. The van der Waals surface area contributed by atoms with E-state index in [2.05, 4.69) is 14.8 Å². The lowest BCUT2D eigenvalue weighted by molar-refractivity contribution is -0.122. The maximum atomic E-state index is 12.5. The molecule has 1 amide bonds. The molecule has 0 aliphatic carbocycles. The van der Waals surface area contributed by atoms with E-state index in [0.717, 1.165) is 11.1 Å². The monoisotopic (exact) mass is 385 g/mol. The van der Waals surface area contributed by atoms with Gasteiger partial charge in [0.25, 0.3) is 5.91 Å². The summed E-state index contributed by atoms with van der Waals surface area (Å²) >= 11 is 0. The van der Waals surface area contributed by atoms with E-state index in [4.69, 9.17) is 4.74 Å². The quantitative estimate of drug-likeness (QED) is 0.768. The van der Waals surface area contributed by atoms with Crippen LogP contribution in [0.15, 0.2) is 36.4 Å². The fourth-order valence-electron chi connectivity index (χ4n) is 2.49. The fourth-order valence-corrected chi connectivity index (χ4v) is 2.49. The van der Waals surface area contributed by atoms with E-state index in [0.29, 0.717) is 5.75 Å². The molecule has 0 fully saturated rings. The van der Waals surface area contributed by atoms with E-state index in [1.807, 2.05) is 32.0 Å². The summed E-state index contributed by atoms with van der Waals surface area (Å²) in [5.41, 5.74) is 2.41. The first-order valence-electron chi connectivity index (χ1n) is 8.61. The van der Waals surface area contributed by atoms with Gasteiger partial charge in [0, 0.05) is 5.69 Å². The maximum Gasteiger partial charge on any atom is 0.337 e. The van der Waals surface area contributed by atoms with Crippen molar-refractivity contribution >= 4 is 23.5 Å². The molecule has 0 heterocycles. The number of carbonyl (C=O) groups is 3. The summed E-state index contributed by atoms with van der Waals surface area (Å²) < 4.78 is 15.1. The van der Waals surface area contributed by atoms with E-state index < -0.39 is 23.9 Å². The molecule has 2 aromatic rings. The molecule has 2 aromatic carbocycles. The smallest absolute Gasteiger partial charge is 0.337 e. The molecule has 0 saturated carbocycles. The van der Waals surface area contributed by atoms with E-state index in [-0.39, 0.29) is 16.8 Å². The molecule has 7 heteroatoms. The number of hydrogen-bond acceptors (Lipinski definition) is 6. The Morgan fingerprint density at radius 1 is 0.893 bits per heavy atom. The van der Waals surface area contributed by atoms with Gasteiger partial charge in [-0.2, -0.15) is 0 Å². The van der Waals surface area contributed by atoms with Crippen LogP contribution in [-0.4, -0.2) is 38.2 Å². The van der Waals surface area contributed by atoms with E-state index in [9.17, 15) is 14.4 Å². The second-order valence-electron chi connectivity index (χ2n) is 6.30. The van der Waals surface area contributed by atoms with Crippen LogP contribution in [0.2, 0.25) is 0 Å². The van der Waals surface area contributed by atoms with Crippen molar-refractivity contribution in [2.24, 2.45) is 0 Å². The Kier molecular flexibility index (Phi) is 6.76. The first kappa shape index (κ1) is 21.0. The Balaban J connectivity index is 2.22. The van der Waals surface area contributed by atoms with Crippen molar-refractivity contribution in [1.29, 1.82) is 0 Å². The predicted octanol–water partition coefficient (Wildman–Crippen LogP) is 3.28. The first-order chi connectivity index (χ1) is 13.2. The summed E-state index contributed by atoms with van der Waals surface area (Å²) in [6.45, 7) is 5.44. The minimum absolute atomic E-state index is 0.115. The first-order valence-corrected chi connectivity index (χ1v) is 8.61. The standard InChI is InChI=1S/C21H23NO6/c1-12-6-7-13(2)18(8-12)28-14(3)19(23)22-17-10-15(20(24)26-4)9-16(11-17)21(25)27-5/h6-11,14H,1-5H3,(H,22,23)/t14-/m1/s1. The third-order valence-corrected chi connectivity index (χ3v) is 4.06. The molecule has 0 spiro atoms. The highest BCUT2D eigenvalue weighted by Crippen LogP contribution is 2.22. The molecule has 2 rings (SSSR count). The maximum absolute atomic E-state index is 12.5. The van der Waals surface area contributed by atoms with Gasteiger partial charge in [-0.1, -0.05) is 12.1 Å². The largest absolute Gasteiger partial charge is 0.481 e. The van der Waals surface area contributed by atoms with Gasteiger partial charge in [0.05, 0.1) is 25.3 Å². The van der Waals surface area contributed by atoms with Gasteiger partial charge in [0.2, 0.25) is 0 Å². The predicted molar refractivity (Wildman–Crippen MR) is 104 cm³/mol. The number of methoxy groups -OCH3 is 2. The van der Waals surface area contributed by atoms with Crippen LogP contribution >= 0.6 is 0 Å². The topological polar surface area (TPSA) is 90.9 Å². The van der Waals surface area contributed by atoms with Gasteiger partial charge >= 0.3 is 11.9 Å². The van der Waals surface area contributed by atoms with Crippen molar-refractivity contribution in [3.05, 3.63) is 58.7 Å². The van der Waals surface area contributed by atoms with Gasteiger partial charge < -0.3 is 19.5 Å². The summed E-state index contributed by atoms with van der Waals surface area (Å²) in [4.78, 5) is 36.2. The lowest BCUT2D eigenvalue weighted by Crippen LogP contribution is -2.30. The second kappa shape index (κ2) is 9.03. The van der Waals surface area contributed by atoms with Crippen LogP contribution < -0.4 is 10.1 Å². The van der Waals surface area contributed by atoms with E-state index in [1.54, 1.807) is 6.92 Å². The van der Waals surface area contributed by atoms with Crippen molar-refractivity contribution in [3.8, 4) is 5.75 Å². The molecule has 0 aliphatic rings. The Morgan fingerprint density at radius 3 is 2.00 bits per heavy atom. The summed E-state index contributed by atoms with van der Waals surface area (Å²) in [5, 5.41) is 2.66. The van der Waals surface area contributed by atoms with Crippen LogP contribution in [0, 0.1) is 13.8 Å². The molecule has 7 nitrogen and oxygen atoms in total. The number of esters is 2. The summed E-state index contributed by atoms with van der Waals surface area (Å²) in [6, 6.07) is 9.90. The van der Waals surface area contributed by atoms with Gasteiger partial charge in [-0.15, -0.1) is 0 Å². The molecule has 1 N–H and O–H groups in total. The van der Waals surface area contributed by atoms with Crippen molar-refractivity contribution in [1.82, 2.24) is 0 Å². The van der Waals surface area contributed by atoms with E-state index in [1.165, 1.54) is 32.4 Å². The van der Waals surface area contributed by atoms with Crippen molar-refractivity contribution in [3.63, 3.8) is 0 Å². The summed E-state index contributed by atoms with van der Waals surface area (Å²) in [7, 11) is 2.46. The molecule has 28 heavy (non-hydrogen) atoms. The number of ether oxygens (including phenoxy) is 3. The molecule has 0 saturated heterocycles. The molecule has 0 radical (unpaired) electrons. The fraction of sp³-hybridized carbons (Fsp3) is 0.286. The minimum atomic E-state index is -0.802. The van der Waals surface area contributed by atoms with Crippen LogP contribution in [0.5, 0.6) is 5.75 Å². The molecule has 0 bridgehead atoms. The second-order valence-corrected chi connectivity index (χ2v) is 6.30. The highest BCUT2D eigenvalue weighted by atomic mass is 16.5. The third kappa shape index (κ3) is 5.09. The molecule has 1 atom stereocenters. The molecular formula is C21H23NO6. The highest BCUT2D eigenvalue weighted by molar-refractivity contribution is 6.00. The zero-order chi connectivity index (χ0) is 20.8. The van der Waals surface area contributed by atoms with Gasteiger partial charge in [-0.05, 0) is 56.2 Å². The van der Waals surface area contributed by atoms with Crippen LogP contribution in [0.25, 0.3) is 0 Å². The zero-order valence-electron chi connectivity index (χ0n) is 16.5. The number of carbonyl (C=O) groups excluding carboxylic acids is 3. The Morgan fingerprint density at radius 2 is 1.46 bits per heavy atom. The van der Waals surface area contributed by atoms with Crippen LogP contribution in [-0.2, 0) is 14.3 Å². The number of aryl methyl sites for hydroxylation is 2. The van der Waals surface area contributed by atoms with Crippen molar-refractivity contribution < 1.29 is 28.6 Å². The molecule has 0 aliphatic heterocycles. The Labute approximate surface area is 163 Å². The molecule has 0 unspecified atom stereocenters. The number of nitrogens with one attached hydrogen (secondary N) is 1. The highest BCUT2D eigenvalue weighted by Gasteiger charge is 2.19. The molecule has 148 valence electrons. The molecule has 0 aromatic heterocycles. The van der Waals surface area contributed by atoms with Gasteiger partial charge in [-0.3, -0.25) is 4.79 Å². The number of benzene rings is 2. The summed E-state index contributed by atoms with van der Waals surface area (Å²) in [6.07, 6.45) is -0.802. The van der Waals surface area contributed by atoms with Crippen molar-refractivity contribution in [2.75, 3.05) is 19.5 Å². The Bertz CT molecular complexity index is 872. The number of anilines is 1. The Hall–Kier alpha value is -3.35. The zero-order valence-corrected chi connectivity index (χ0v) is 16.5. The van der Waals surface area contributed by atoms with Gasteiger partial charge in [0.15, 0.2) is 6.10 Å². The number of amides is 1. The van der Waals surface area contributed by atoms with Crippen LogP contribution in [0.1, 0.15) is 38.8 Å². The van der Waals surface area contributed by atoms with Gasteiger partial charge in [-0.25, -0.2) is 9.59 Å². The lowest BCUT2D eigenvalue weighted by Gasteiger charge is -2.17. The summed E-state index contributed by atoms with van der Waals surface area (Å²) in [5.74, 6) is -1.10. The number of rotatable bonds is 6. The van der Waals surface area contributed by atoms with Crippen LogP contribution in [0.4, 0.5) is 5.69 Å². The van der Waals surface area contributed by atoms with Crippen LogP contribution in [0.3, 0.4) is 0 Å². The lowest BCUT2D eigenvalue weighted by atomic mass is 10.1. The SMILES string of the molecule is COC(=O)c1cc(NC(=O)[C@@H](C)Oc2cc(C)ccc2C)cc(C(=O)OC)c1. The molecular weight excluding hydrogens is 362 g/mol. The van der Waals surface area contributed by atoms with Crippen molar-refractivity contribution in [2.45, 2.75) is 26.9 Å². The third-order valence-electron chi connectivity index (χ3n) is 4.06. The van der Waals surface area contributed by atoms with E-state index >= 15 is 0 Å². The minimum Gasteiger partial charge on any atom is -0.481 e. The average Bonchev–Trinajstić information content (AvgIpc) is 2.68. The normalized spacial score (nSPS) is 11.3. The van der Waals surface area contributed by atoms with Gasteiger partial charge in [0.1, 0.15) is 5.75 Å².